The second-order valence-electron chi connectivity index (χ2n) is 4.67. The van der Waals surface area contributed by atoms with Crippen molar-refractivity contribution in [2.45, 2.75) is 13.1 Å². The van der Waals surface area contributed by atoms with E-state index < -0.39 is 0 Å². The van der Waals surface area contributed by atoms with E-state index in [1.54, 1.807) is 23.1 Å². The molecule has 1 heterocycles. The van der Waals surface area contributed by atoms with Gasteiger partial charge in [0, 0.05) is 13.1 Å². The molecule has 0 fully saturated rings. The van der Waals surface area contributed by atoms with Crippen LogP contribution in [0.5, 0.6) is 5.75 Å². The Balaban J connectivity index is 1.89. The molecule has 96 valence electrons. The van der Waals surface area contributed by atoms with Crippen LogP contribution in [-0.2, 0) is 13.1 Å². The minimum absolute atomic E-state index is 0.136. The molecule has 1 aliphatic rings. The lowest BCUT2D eigenvalue weighted by Gasteiger charge is -2.16. The van der Waals surface area contributed by atoms with Crippen LogP contribution in [0.1, 0.15) is 21.5 Å². The van der Waals surface area contributed by atoms with Gasteiger partial charge in [0.2, 0.25) is 0 Å². The Morgan fingerprint density at radius 3 is 2.32 bits per heavy atom. The van der Waals surface area contributed by atoms with E-state index in [9.17, 15) is 9.90 Å². The van der Waals surface area contributed by atoms with E-state index in [1.807, 2.05) is 24.3 Å². The lowest BCUT2D eigenvalue weighted by Crippen LogP contribution is -2.25. The van der Waals surface area contributed by atoms with Crippen molar-refractivity contribution in [3.05, 3.63) is 59.2 Å². The molecule has 3 N–H and O–H groups in total. The summed E-state index contributed by atoms with van der Waals surface area (Å²) in [5.74, 6) is -0.329. The highest BCUT2D eigenvalue weighted by Crippen LogP contribution is 2.29. The third kappa shape index (κ3) is 1.91. The Morgan fingerprint density at radius 2 is 1.68 bits per heavy atom. The van der Waals surface area contributed by atoms with E-state index in [0.29, 0.717) is 13.1 Å². The molecule has 2 aromatic rings. The lowest BCUT2D eigenvalue weighted by molar-refractivity contribution is 0.0748. The molecule has 0 atom stereocenters. The normalized spacial score (nSPS) is 13.4. The number of nitrogens with zero attached hydrogens (tertiary/aromatic N) is 1. The van der Waals surface area contributed by atoms with Gasteiger partial charge < -0.3 is 15.7 Å². The zero-order valence-corrected chi connectivity index (χ0v) is 10.3. The van der Waals surface area contributed by atoms with E-state index in [1.165, 1.54) is 0 Å². The molecule has 0 spiro atoms. The van der Waals surface area contributed by atoms with Gasteiger partial charge in [0.25, 0.3) is 5.91 Å². The average molecular weight is 254 g/mol. The topological polar surface area (TPSA) is 66.6 Å². The molecular formula is C15H14N2O2. The molecule has 0 radical (unpaired) electrons. The fourth-order valence-corrected chi connectivity index (χ4v) is 2.38. The van der Waals surface area contributed by atoms with Crippen LogP contribution in [0.4, 0.5) is 5.69 Å². The van der Waals surface area contributed by atoms with Gasteiger partial charge in [0.05, 0.1) is 11.3 Å². The molecule has 1 aliphatic heterocycles. The van der Waals surface area contributed by atoms with Gasteiger partial charge in [-0.1, -0.05) is 30.3 Å². The first-order valence-corrected chi connectivity index (χ1v) is 6.10. The summed E-state index contributed by atoms with van der Waals surface area (Å²) in [5, 5.41) is 9.87. The van der Waals surface area contributed by atoms with Gasteiger partial charge in [-0.25, -0.2) is 0 Å². The van der Waals surface area contributed by atoms with Gasteiger partial charge in [0.15, 0.2) is 5.75 Å². The molecule has 0 aromatic heterocycles. The zero-order chi connectivity index (χ0) is 13.4. The molecule has 4 nitrogen and oxygen atoms in total. The number of benzene rings is 2. The van der Waals surface area contributed by atoms with Crippen LogP contribution in [0, 0.1) is 0 Å². The van der Waals surface area contributed by atoms with Crippen molar-refractivity contribution in [2.75, 3.05) is 5.73 Å². The van der Waals surface area contributed by atoms with Crippen LogP contribution >= 0.6 is 0 Å². The van der Waals surface area contributed by atoms with Crippen LogP contribution < -0.4 is 5.73 Å². The first kappa shape index (κ1) is 11.6. The summed E-state index contributed by atoms with van der Waals surface area (Å²) in [6.45, 7) is 1.15. The summed E-state index contributed by atoms with van der Waals surface area (Å²) in [5.41, 5.74) is 8.41. The fraction of sp³-hybridized carbons (Fsp3) is 0.133. The van der Waals surface area contributed by atoms with Gasteiger partial charge in [-0.3, -0.25) is 4.79 Å². The number of fused-ring (bicyclic) bond motifs is 1. The summed E-state index contributed by atoms with van der Waals surface area (Å²) in [6, 6.07) is 12.8. The zero-order valence-electron chi connectivity index (χ0n) is 10.3. The standard InChI is InChI=1S/C15H14N2O2/c16-13-7-3-6-12(14(13)18)15(19)17-8-10-4-1-2-5-11(10)9-17/h1-7,18H,8-9,16H2. The highest BCUT2D eigenvalue weighted by atomic mass is 16.3. The fourth-order valence-electron chi connectivity index (χ4n) is 2.38. The van der Waals surface area contributed by atoms with Gasteiger partial charge >= 0.3 is 0 Å². The number of anilines is 1. The van der Waals surface area contributed by atoms with E-state index in [2.05, 4.69) is 0 Å². The second kappa shape index (κ2) is 4.31. The van der Waals surface area contributed by atoms with Gasteiger partial charge in [-0.2, -0.15) is 0 Å². The monoisotopic (exact) mass is 254 g/mol. The predicted octanol–water partition coefficient (Wildman–Crippen LogP) is 2.13. The van der Waals surface area contributed by atoms with Gasteiger partial charge in [-0.15, -0.1) is 0 Å². The third-order valence-electron chi connectivity index (χ3n) is 3.43. The van der Waals surface area contributed by atoms with E-state index >= 15 is 0 Å². The SMILES string of the molecule is Nc1cccc(C(=O)N2Cc3ccccc3C2)c1O. The van der Waals surface area contributed by atoms with E-state index in [-0.39, 0.29) is 22.9 Å². The highest BCUT2D eigenvalue weighted by Gasteiger charge is 2.25. The van der Waals surface area contributed by atoms with E-state index in [4.69, 9.17) is 5.73 Å². The molecule has 0 aliphatic carbocycles. The van der Waals surface area contributed by atoms with E-state index in [0.717, 1.165) is 11.1 Å². The van der Waals surface area contributed by atoms with Crippen molar-refractivity contribution in [1.29, 1.82) is 0 Å². The molecule has 0 saturated heterocycles. The van der Waals surface area contributed by atoms with Crippen molar-refractivity contribution in [3.63, 3.8) is 0 Å². The molecule has 2 aromatic carbocycles. The van der Waals surface area contributed by atoms with Crippen LogP contribution in [0.3, 0.4) is 0 Å². The predicted molar refractivity (Wildman–Crippen MR) is 72.5 cm³/mol. The number of hydrogen-bond acceptors (Lipinski definition) is 3. The molecule has 4 heteroatoms. The molecule has 1 amide bonds. The molecule has 0 unspecified atom stereocenters. The van der Waals surface area contributed by atoms with Gasteiger partial charge in [0.1, 0.15) is 0 Å². The number of amides is 1. The Labute approximate surface area is 111 Å². The molecule has 0 saturated carbocycles. The summed E-state index contributed by atoms with van der Waals surface area (Å²) in [6.07, 6.45) is 0. The van der Waals surface area contributed by atoms with Crippen molar-refractivity contribution in [1.82, 2.24) is 4.90 Å². The smallest absolute Gasteiger partial charge is 0.258 e. The quantitative estimate of drug-likeness (QED) is 0.605. The molecule has 0 bridgehead atoms. The summed E-state index contributed by atoms with van der Waals surface area (Å²) >= 11 is 0. The first-order chi connectivity index (χ1) is 9.16. The number of phenolic OH excluding ortho intramolecular Hbond substituents is 1. The maximum absolute atomic E-state index is 12.4. The van der Waals surface area contributed by atoms with Crippen molar-refractivity contribution in [3.8, 4) is 5.75 Å². The molecular weight excluding hydrogens is 240 g/mol. The highest BCUT2D eigenvalue weighted by molar-refractivity contribution is 5.98. The Hall–Kier alpha value is -2.49. The number of para-hydroxylation sites is 1. The number of hydrogen-bond donors (Lipinski definition) is 2. The average Bonchev–Trinajstić information content (AvgIpc) is 2.85. The number of carbonyl (C=O) groups is 1. The maximum Gasteiger partial charge on any atom is 0.258 e. The van der Waals surface area contributed by atoms with Crippen LogP contribution in [0.25, 0.3) is 0 Å². The Morgan fingerprint density at radius 1 is 1.05 bits per heavy atom. The van der Waals surface area contributed by atoms with Crippen LogP contribution in [0.15, 0.2) is 42.5 Å². The molecule has 3 rings (SSSR count). The summed E-state index contributed by atoms with van der Waals surface area (Å²) in [4.78, 5) is 14.1. The summed E-state index contributed by atoms with van der Waals surface area (Å²) < 4.78 is 0. The number of rotatable bonds is 1. The minimum atomic E-state index is -0.194. The van der Waals surface area contributed by atoms with Crippen LogP contribution in [0.2, 0.25) is 0 Å². The first-order valence-electron chi connectivity index (χ1n) is 6.10. The number of nitrogens with two attached hydrogens (primary N) is 1. The number of aromatic hydroxyl groups is 1. The number of carbonyl (C=O) groups excluding carboxylic acids is 1. The largest absolute Gasteiger partial charge is 0.505 e. The number of phenols is 1. The molecule has 19 heavy (non-hydrogen) atoms. The maximum atomic E-state index is 12.4. The Bertz CT molecular complexity index is 627. The Kier molecular flexibility index (Phi) is 2.63. The summed E-state index contributed by atoms with van der Waals surface area (Å²) in [7, 11) is 0. The third-order valence-corrected chi connectivity index (χ3v) is 3.43. The minimum Gasteiger partial charge on any atom is -0.505 e. The number of nitrogen functional groups attached to an aromatic ring is 1. The van der Waals surface area contributed by atoms with Crippen molar-refractivity contribution >= 4 is 11.6 Å². The lowest BCUT2D eigenvalue weighted by atomic mass is 10.1. The second-order valence-corrected chi connectivity index (χ2v) is 4.67. The van der Waals surface area contributed by atoms with Crippen LogP contribution in [-0.4, -0.2) is 15.9 Å². The van der Waals surface area contributed by atoms with Crippen molar-refractivity contribution < 1.29 is 9.90 Å². The van der Waals surface area contributed by atoms with Gasteiger partial charge in [-0.05, 0) is 23.3 Å². The van der Waals surface area contributed by atoms with Crippen molar-refractivity contribution in [2.24, 2.45) is 0 Å².